The average molecular weight is 324 g/mol. The standard InChI is InChI=1S/C17H10BrNO/c18-14-7-6-12-9-15-16(10-13(12)8-14)20-17(19-15)11-4-2-1-3-5-11/h1-10H. The fourth-order valence-electron chi connectivity index (χ4n) is 2.35. The van der Waals surface area contributed by atoms with Crippen LogP contribution < -0.4 is 0 Å². The number of hydrogen-bond donors (Lipinski definition) is 0. The van der Waals surface area contributed by atoms with E-state index in [2.05, 4.69) is 39.1 Å². The third-order valence-corrected chi connectivity index (χ3v) is 3.82. The van der Waals surface area contributed by atoms with Gasteiger partial charge >= 0.3 is 0 Å². The van der Waals surface area contributed by atoms with Gasteiger partial charge in [0.05, 0.1) is 0 Å². The van der Waals surface area contributed by atoms with Crippen LogP contribution in [0.1, 0.15) is 0 Å². The molecule has 3 aromatic carbocycles. The summed E-state index contributed by atoms with van der Waals surface area (Å²) in [6, 6.07) is 20.2. The molecule has 0 bridgehead atoms. The average Bonchev–Trinajstić information content (AvgIpc) is 2.88. The second kappa shape index (κ2) is 4.46. The zero-order valence-corrected chi connectivity index (χ0v) is 12.1. The topological polar surface area (TPSA) is 26.0 Å². The van der Waals surface area contributed by atoms with Crippen molar-refractivity contribution in [1.82, 2.24) is 4.98 Å². The molecule has 4 rings (SSSR count). The molecule has 0 unspecified atom stereocenters. The number of hydrogen-bond acceptors (Lipinski definition) is 2. The summed E-state index contributed by atoms with van der Waals surface area (Å²) in [6.07, 6.45) is 0. The summed E-state index contributed by atoms with van der Waals surface area (Å²) < 4.78 is 6.94. The predicted octanol–water partition coefficient (Wildman–Crippen LogP) is 5.41. The van der Waals surface area contributed by atoms with Crippen molar-refractivity contribution in [3.05, 3.63) is 65.1 Å². The first-order valence-electron chi connectivity index (χ1n) is 6.35. The van der Waals surface area contributed by atoms with Crippen LogP contribution in [0.4, 0.5) is 0 Å². The zero-order valence-electron chi connectivity index (χ0n) is 10.5. The Hall–Kier alpha value is -2.13. The molecule has 4 aromatic rings. The second-order valence-corrected chi connectivity index (χ2v) is 5.61. The van der Waals surface area contributed by atoms with Crippen LogP contribution in [0.2, 0.25) is 0 Å². The van der Waals surface area contributed by atoms with Crippen molar-refractivity contribution in [2.45, 2.75) is 0 Å². The van der Waals surface area contributed by atoms with Crippen molar-refractivity contribution in [3.63, 3.8) is 0 Å². The summed E-state index contributed by atoms with van der Waals surface area (Å²) in [5.74, 6) is 0.662. The Bertz CT molecular complexity index is 912. The normalized spacial score (nSPS) is 11.2. The van der Waals surface area contributed by atoms with Gasteiger partial charge in [0.25, 0.3) is 0 Å². The molecule has 0 fully saturated rings. The van der Waals surface area contributed by atoms with Gasteiger partial charge in [-0.3, -0.25) is 0 Å². The van der Waals surface area contributed by atoms with Gasteiger partial charge in [-0.25, -0.2) is 4.98 Å². The van der Waals surface area contributed by atoms with Gasteiger partial charge in [0.2, 0.25) is 5.89 Å². The molecule has 0 N–H and O–H groups in total. The van der Waals surface area contributed by atoms with Gasteiger partial charge in [-0.1, -0.05) is 40.2 Å². The first kappa shape index (κ1) is 11.7. The molecule has 1 aromatic heterocycles. The van der Waals surface area contributed by atoms with Crippen LogP contribution in [-0.4, -0.2) is 4.98 Å². The van der Waals surface area contributed by atoms with Gasteiger partial charge in [-0.2, -0.15) is 0 Å². The van der Waals surface area contributed by atoms with Crippen LogP contribution in [-0.2, 0) is 0 Å². The van der Waals surface area contributed by atoms with Gasteiger partial charge in [0, 0.05) is 10.0 Å². The second-order valence-electron chi connectivity index (χ2n) is 4.70. The molecule has 3 heteroatoms. The minimum Gasteiger partial charge on any atom is -0.436 e. The highest BCUT2D eigenvalue weighted by Crippen LogP contribution is 2.29. The van der Waals surface area contributed by atoms with Crippen molar-refractivity contribution in [2.24, 2.45) is 0 Å². The van der Waals surface area contributed by atoms with E-state index in [4.69, 9.17) is 4.42 Å². The Morgan fingerprint density at radius 3 is 2.55 bits per heavy atom. The maximum absolute atomic E-state index is 5.88. The largest absolute Gasteiger partial charge is 0.436 e. The lowest BCUT2D eigenvalue weighted by atomic mass is 10.1. The third kappa shape index (κ3) is 1.91. The predicted molar refractivity (Wildman–Crippen MR) is 84.7 cm³/mol. The summed E-state index contributed by atoms with van der Waals surface area (Å²) >= 11 is 3.49. The maximum atomic E-state index is 5.88. The molecule has 0 aliphatic rings. The molecule has 0 atom stereocenters. The number of aromatic nitrogens is 1. The molecule has 1 heterocycles. The van der Waals surface area contributed by atoms with Gasteiger partial charge in [-0.15, -0.1) is 0 Å². The summed E-state index contributed by atoms with van der Waals surface area (Å²) in [7, 11) is 0. The highest BCUT2D eigenvalue weighted by atomic mass is 79.9. The fourth-order valence-corrected chi connectivity index (χ4v) is 2.72. The van der Waals surface area contributed by atoms with E-state index in [9.17, 15) is 0 Å². The molecule has 0 spiro atoms. The molecule has 0 saturated carbocycles. The Morgan fingerprint density at radius 1 is 0.850 bits per heavy atom. The molecule has 2 nitrogen and oxygen atoms in total. The monoisotopic (exact) mass is 323 g/mol. The van der Waals surface area contributed by atoms with E-state index in [1.54, 1.807) is 0 Å². The van der Waals surface area contributed by atoms with Crippen LogP contribution in [0.25, 0.3) is 33.3 Å². The lowest BCUT2D eigenvalue weighted by Crippen LogP contribution is -1.75. The lowest BCUT2D eigenvalue weighted by molar-refractivity contribution is 0.620. The van der Waals surface area contributed by atoms with E-state index in [1.807, 2.05) is 42.5 Å². The summed E-state index contributed by atoms with van der Waals surface area (Å²) in [5.41, 5.74) is 2.70. The van der Waals surface area contributed by atoms with E-state index in [-0.39, 0.29) is 0 Å². The third-order valence-electron chi connectivity index (χ3n) is 3.33. The number of fused-ring (bicyclic) bond motifs is 2. The number of rotatable bonds is 1. The summed E-state index contributed by atoms with van der Waals surface area (Å²) in [4.78, 5) is 4.58. The molecule has 96 valence electrons. The van der Waals surface area contributed by atoms with Crippen LogP contribution in [0.3, 0.4) is 0 Å². The molecule has 0 aliphatic heterocycles. The first-order chi connectivity index (χ1) is 9.79. The zero-order chi connectivity index (χ0) is 13.5. The minimum absolute atomic E-state index is 0.662. The van der Waals surface area contributed by atoms with Gasteiger partial charge in [-0.05, 0) is 47.2 Å². The maximum Gasteiger partial charge on any atom is 0.227 e. The Balaban J connectivity index is 1.97. The highest BCUT2D eigenvalue weighted by Gasteiger charge is 2.09. The minimum atomic E-state index is 0.662. The molecular formula is C17H10BrNO. The van der Waals surface area contributed by atoms with Gasteiger partial charge < -0.3 is 4.42 Å². The van der Waals surface area contributed by atoms with E-state index in [1.165, 1.54) is 0 Å². The van der Waals surface area contributed by atoms with E-state index in [0.717, 1.165) is 31.9 Å². The van der Waals surface area contributed by atoms with E-state index in [0.29, 0.717) is 5.89 Å². The van der Waals surface area contributed by atoms with Crippen LogP contribution >= 0.6 is 15.9 Å². The summed E-state index contributed by atoms with van der Waals surface area (Å²) in [5, 5.41) is 2.30. The Kier molecular flexibility index (Phi) is 2.60. The lowest BCUT2D eigenvalue weighted by Gasteiger charge is -1.97. The molecule has 0 aliphatic carbocycles. The van der Waals surface area contributed by atoms with Gasteiger partial charge in [0.15, 0.2) is 5.58 Å². The Labute approximate surface area is 124 Å². The quantitative estimate of drug-likeness (QED) is 0.468. The van der Waals surface area contributed by atoms with Crippen molar-refractivity contribution in [1.29, 1.82) is 0 Å². The van der Waals surface area contributed by atoms with Crippen molar-refractivity contribution in [3.8, 4) is 11.5 Å². The Morgan fingerprint density at radius 2 is 1.70 bits per heavy atom. The number of halogens is 1. The highest BCUT2D eigenvalue weighted by molar-refractivity contribution is 9.10. The molecule has 0 saturated heterocycles. The number of benzene rings is 3. The van der Waals surface area contributed by atoms with Crippen molar-refractivity contribution < 1.29 is 4.42 Å². The van der Waals surface area contributed by atoms with E-state index >= 15 is 0 Å². The number of nitrogens with zero attached hydrogens (tertiary/aromatic N) is 1. The van der Waals surface area contributed by atoms with Crippen molar-refractivity contribution >= 4 is 37.8 Å². The molecule has 20 heavy (non-hydrogen) atoms. The van der Waals surface area contributed by atoms with Gasteiger partial charge in [0.1, 0.15) is 5.52 Å². The van der Waals surface area contributed by atoms with E-state index < -0.39 is 0 Å². The van der Waals surface area contributed by atoms with Crippen LogP contribution in [0, 0.1) is 0 Å². The van der Waals surface area contributed by atoms with Crippen LogP contribution in [0.5, 0.6) is 0 Å². The SMILES string of the molecule is Brc1ccc2cc3nc(-c4ccccc4)oc3cc2c1. The molecule has 0 radical (unpaired) electrons. The summed E-state index contributed by atoms with van der Waals surface area (Å²) in [6.45, 7) is 0. The molecule has 0 amide bonds. The number of oxazole rings is 1. The van der Waals surface area contributed by atoms with Crippen molar-refractivity contribution in [2.75, 3.05) is 0 Å². The van der Waals surface area contributed by atoms with Crippen LogP contribution in [0.15, 0.2) is 69.6 Å². The fraction of sp³-hybridized carbons (Fsp3) is 0. The molecular weight excluding hydrogens is 314 g/mol. The smallest absolute Gasteiger partial charge is 0.227 e. The first-order valence-corrected chi connectivity index (χ1v) is 7.14.